The molecule has 0 spiro atoms. The van der Waals surface area contributed by atoms with Gasteiger partial charge in [-0.3, -0.25) is 0 Å². The van der Waals surface area contributed by atoms with Gasteiger partial charge in [0, 0.05) is 5.02 Å². The summed E-state index contributed by atoms with van der Waals surface area (Å²) in [4.78, 5) is 12.1. The van der Waals surface area contributed by atoms with Gasteiger partial charge in [0.15, 0.2) is 11.5 Å². The molecule has 2 rings (SSSR count). The van der Waals surface area contributed by atoms with Gasteiger partial charge in [0.1, 0.15) is 0 Å². The summed E-state index contributed by atoms with van der Waals surface area (Å²) >= 11 is 6.09. The summed E-state index contributed by atoms with van der Waals surface area (Å²) in [5.41, 5.74) is 0.898. The molecule has 1 aromatic heterocycles. The average Bonchev–Trinajstić information content (AvgIpc) is 2.84. The van der Waals surface area contributed by atoms with Gasteiger partial charge in [-0.2, -0.15) is 4.68 Å². The van der Waals surface area contributed by atoms with E-state index in [1.54, 1.807) is 32.1 Å². The molecule has 1 aromatic carbocycles. The molecule has 104 valence electrons. The lowest BCUT2D eigenvalue weighted by molar-refractivity contribution is -0.136. The van der Waals surface area contributed by atoms with Crippen molar-refractivity contribution in [2.45, 2.75) is 13.8 Å². The Bertz CT molecular complexity index is 651. The van der Waals surface area contributed by atoms with Crippen LogP contribution in [0.4, 0.5) is 0 Å². The van der Waals surface area contributed by atoms with Crippen LogP contribution in [0, 0.1) is 6.92 Å². The van der Waals surface area contributed by atoms with E-state index < -0.39 is 5.97 Å². The van der Waals surface area contributed by atoms with E-state index in [0.717, 1.165) is 0 Å². The minimum atomic E-state index is -0.511. The molecule has 0 fully saturated rings. The third-order valence-corrected chi connectivity index (χ3v) is 2.88. The Morgan fingerprint density at radius 3 is 2.80 bits per heavy atom. The van der Waals surface area contributed by atoms with Crippen LogP contribution in [0.1, 0.15) is 18.3 Å². The van der Waals surface area contributed by atoms with Crippen molar-refractivity contribution in [2.24, 2.45) is 0 Å². The summed E-state index contributed by atoms with van der Waals surface area (Å²) in [7, 11) is 0. The van der Waals surface area contributed by atoms with Gasteiger partial charge in [-0.05, 0) is 42.0 Å². The molecule has 0 atom stereocenters. The zero-order valence-corrected chi connectivity index (χ0v) is 11.8. The van der Waals surface area contributed by atoms with E-state index in [9.17, 15) is 4.79 Å². The van der Waals surface area contributed by atoms with Crippen LogP contribution in [0.5, 0.6) is 0 Å². The Morgan fingerprint density at radius 2 is 2.20 bits per heavy atom. The molecule has 0 bridgehead atoms. The van der Waals surface area contributed by atoms with Crippen LogP contribution in [-0.4, -0.2) is 32.8 Å². The van der Waals surface area contributed by atoms with E-state index in [2.05, 4.69) is 15.5 Å². The topological polar surface area (TPSA) is 69.9 Å². The zero-order valence-electron chi connectivity index (χ0n) is 11.1. The van der Waals surface area contributed by atoms with Gasteiger partial charge in [0.25, 0.3) is 0 Å². The summed E-state index contributed by atoms with van der Waals surface area (Å²) in [5, 5.41) is 11.6. The van der Waals surface area contributed by atoms with Crippen molar-refractivity contribution in [3.05, 3.63) is 40.7 Å². The number of carbonyl (C=O) groups is 1. The SMILES string of the molecule is CCOC(=O)/C(=C/c1ccccc1Cl)n1nnnc1C. The molecule has 0 amide bonds. The van der Waals surface area contributed by atoms with E-state index in [0.29, 0.717) is 16.4 Å². The minimum Gasteiger partial charge on any atom is -0.461 e. The number of benzene rings is 1. The van der Waals surface area contributed by atoms with Gasteiger partial charge in [0.05, 0.1) is 6.61 Å². The van der Waals surface area contributed by atoms with Crippen LogP contribution in [0.15, 0.2) is 24.3 Å². The second-order valence-corrected chi connectivity index (χ2v) is 4.32. The molecule has 2 aromatic rings. The summed E-state index contributed by atoms with van der Waals surface area (Å²) < 4.78 is 6.35. The number of halogens is 1. The van der Waals surface area contributed by atoms with Gasteiger partial charge in [-0.15, -0.1) is 5.10 Å². The fraction of sp³-hybridized carbons (Fsp3) is 0.231. The standard InChI is InChI=1S/C13H13ClN4O2/c1-3-20-13(19)12(18-9(2)15-16-17-18)8-10-6-4-5-7-11(10)14/h4-8H,3H2,1-2H3/b12-8-. The number of aryl methyl sites for hydroxylation is 1. The van der Waals surface area contributed by atoms with Crippen LogP contribution in [0.2, 0.25) is 5.02 Å². The van der Waals surface area contributed by atoms with Crippen molar-refractivity contribution < 1.29 is 9.53 Å². The Kier molecular flexibility index (Phi) is 4.47. The summed E-state index contributed by atoms with van der Waals surface area (Å²) in [5.74, 6) is -0.0285. The molecule has 0 aliphatic rings. The molecule has 1 heterocycles. The molecule has 0 unspecified atom stereocenters. The third-order valence-electron chi connectivity index (χ3n) is 2.54. The van der Waals surface area contributed by atoms with Gasteiger partial charge >= 0.3 is 5.97 Å². The highest BCUT2D eigenvalue weighted by Crippen LogP contribution is 2.20. The molecule has 7 heteroatoms. The van der Waals surface area contributed by atoms with Crippen molar-refractivity contribution in [1.82, 2.24) is 20.2 Å². The molecule has 20 heavy (non-hydrogen) atoms. The first-order chi connectivity index (χ1) is 9.63. The molecule has 0 aliphatic heterocycles. The first kappa shape index (κ1) is 14.2. The van der Waals surface area contributed by atoms with E-state index in [1.807, 2.05) is 12.1 Å². The number of nitrogens with zero attached hydrogens (tertiary/aromatic N) is 4. The second kappa shape index (κ2) is 6.29. The fourth-order valence-corrected chi connectivity index (χ4v) is 1.80. The van der Waals surface area contributed by atoms with Crippen molar-refractivity contribution in [1.29, 1.82) is 0 Å². The highest BCUT2D eigenvalue weighted by molar-refractivity contribution is 6.32. The Hall–Kier alpha value is -2.21. The maximum Gasteiger partial charge on any atom is 0.357 e. The number of carbonyl (C=O) groups excluding carboxylic acids is 1. The maximum absolute atomic E-state index is 12.1. The Morgan fingerprint density at radius 1 is 1.45 bits per heavy atom. The van der Waals surface area contributed by atoms with Crippen LogP contribution >= 0.6 is 11.6 Å². The number of ether oxygens (including phenoxy) is 1. The molecule has 0 aliphatic carbocycles. The van der Waals surface area contributed by atoms with Gasteiger partial charge < -0.3 is 4.74 Å². The lowest BCUT2D eigenvalue weighted by Gasteiger charge is -2.08. The van der Waals surface area contributed by atoms with Crippen LogP contribution in [0.3, 0.4) is 0 Å². The highest BCUT2D eigenvalue weighted by atomic mass is 35.5. The quantitative estimate of drug-likeness (QED) is 0.638. The normalized spacial score (nSPS) is 11.4. The van der Waals surface area contributed by atoms with Crippen LogP contribution in [0.25, 0.3) is 11.8 Å². The van der Waals surface area contributed by atoms with Crippen molar-refractivity contribution >= 4 is 29.3 Å². The maximum atomic E-state index is 12.1. The molecule has 0 radical (unpaired) electrons. The molecule has 6 nitrogen and oxygen atoms in total. The second-order valence-electron chi connectivity index (χ2n) is 3.91. The van der Waals surface area contributed by atoms with Gasteiger partial charge in [-0.1, -0.05) is 29.8 Å². The zero-order chi connectivity index (χ0) is 14.5. The first-order valence-electron chi connectivity index (χ1n) is 6.02. The number of hydrogen-bond acceptors (Lipinski definition) is 5. The van der Waals surface area contributed by atoms with Crippen molar-refractivity contribution in [2.75, 3.05) is 6.61 Å². The van der Waals surface area contributed by atoms with Crippen LogP contribution < -0.4 is 0 Å². The number of hydrogen-bond donors (Lipinski definition) is 0. The van der Waals surface area contributed by atoms with Crippen molar-refractivity contribution in [3.63, 3.8) is 0 Å². The van der Waals surface area contributed by atoms with E-state index >= 15 is 0 Å². The molecule has 0 saturated carbocycles. The smallest absolute Gasteiger partial charge is 0.357 e. The monoisotopic (exact) mass is 292 g/mol. The molecule has 0 saturated heterocycles. The summed E-state index contributed by atoms with van der Waals surface area (Å²) in [6.45, 7) is 3.69. The number of esters is 1. The predicted octanol–water partition coefficient (Wildman–Crippen LogP) is 2.20. The third kappa shape index (κ3) is 3.03. The van der Waals surface area contributed by atoms with E-state index in [4.69, 9.17) is 16.3 Å². The van der Waals surface area contributed by atoms with E-state index in [-0.39, 0.29) is 12.3 Å². The van der Waals surface area contributed by atoms with Crippen LogP contribution in [-0.2, 0) is 9.53 Å². The summed E-state index contributed by atoms with van der Waals surface area (Å²) in [6, 6.07) is 7.17. The molecular weight excluding hydrogens is 280 g/mol. The highest BCUT2D eigenvalue weighted by Gasteiger charge is 2.17. The van der Waals surface area contributed by atoms with E-state index in [1.165, 1.54) is 4.68 Å². The van der Waals surface area contributed by atoms with Gasteiger partial charge in [0.2, 0.25) is 0 Å². The summed E-state index contributed by atoms with van der Waals surface area (Å²) in [6.07, 6.45) is 1.60. The number of rotatable bonds is 4. The van der Waals surface area contributed by atoms with Crippen molar-refractivity contribution in [3.8, 4) is 0 Å². The lowest BCUT2D eigenvalue weighted by atomic mass is 10.2. The predicted molar refractivity (Wildman–Crippen MR) is 74.8 cm³/mol. The average molecular weight is 293 g/mol. The first-order valence-corrected chi connectivity index (χ1v) is 6.40. The lowest BCUT2D eigenvalue weighted by Crippen LogP contribution is -2.14. The molecule has 0 N–H and O–H groups in total. The minimum absolute atomic E-state index is 0.211. The van der Waals surface area contributed by atoms with Gasteiger partial charge in [-0.25, -0.2) is 4.79 Å². The largest absolute Gasteiger partial charge is 0.461 e. The Labute approximate surface area is 121 Å². The number of aromatic nitrogens is 4. The number of tetrazole rings is 1. The molecular formula is C13H13ClN4O2. The fourth-order valence-electron chi connectivity index (χ4n) is 1.61. The Balaban J connectivity index is 2.50.